The summed E-state index contributed by atoms with van der Waals surface area (Å²) in [4.78, 5) is 53.7. The van der Waals surface area contributed by atoms with Gasteiger partial charge in [0.05, 0.1) is 18.8 Å². The van der Waals surface area contributed by atoms with E-state index in [0.717, 1.165) is 23.3 Å². The summed E-state index contributed by atoms with van der Waals surface area (Å²) in [5.74, 6) is -0.934. The zero-order chi connectivity index (χ0) is 37.4. The zero-order valence-electron chi connectivity index (χ0n) is 29.5. The normalized spacial score (nSPS) is 11.5. The predicted molar refractivity (Wildman–Crippen MR) is 210 cm³/mol. The van der Waals surface area contributed by atoms with E-state index in [1.165, 1.54) is 11.8 Å². The van der Waals surface area contributed by atoms with Gasteiger partial charge in [0.25, 0.3) is 11.8 Å². The van der Waals surface area contributed by atoms with E-state index in [4.69, 9.17) is 9.47 Å². The first kappa shape index (κ1) is 38.1. The molecule has 0 aliphatic heterocycles. The molecular formula is C43H41N3O6S. The number of ether oxygens (including phenoxy) is 2. The van der Waals surface area contributed by atoms with Crippen molar-refractivity contribution in [3.63, 3.8) is 0 Å². The van der Waals surface area contributed by atoms with Gasteiger partial charge in [0, 0.05) is 21.8 Å². The molecule has 0 heterocycles. The Balaban J connectivity index is 1.33. The molecule has 0 aliphatic carbocycles. The summed E-state index contributed by atoms with van der Waals surface area (Å²) in [6.07, 6.45) is 3.32. The van der Waals surface area contributed by atoms with Gasteiger partial charge in [-0.05, 0) is 97.3 Å². The number of hydrogen-bond donors (Lipinski definition) is 3. The SMILES string of the molecule is CCCCOC(=O)c1ccc(NC(=O)C(Sc2cccc(NC(=O)/C(=C\c3ccc(OCC)cc3)NC(=O)c3ccccc3)c2)c2ccccc2)cc1. The van der Waals surface area contributed by atoms with Crippen LogP contribution in [-0.4, -0.2) is 36.9 Å². The highest BCUT2D eigenvalue weighted by atomic mass is 32.2. The molecule has 5 rings (SSSR count). The summed E-state index contributed by atoms with van der Waals surface area (Å²) < 4.78 is 10.8. The van der Waals surface area contributed by atoms with E-state index in [1.807, 2.05) is 56.3 Å². The van der Waals surface area contributed by atoms with Crippen molar-refractivity contribution in [2.45, 2.75) is 36.8 Å². The van der Waals surface area contributed by atoms with Crippen LogP contribution in [0.1, 0.15) is 63.8 Å². The molecule has 0 fully saturated rings. The molecular weight excluding hydrogens is 687 g/mol. The van der Waals surface area contributed by atoms with E-state index in [9.17, 15) is 19.2 Å². The molecule has 0 radical (unpaired) electrons. The van der Waals surface area contributed by atoms with Crippen LogP contribution in [0.3, 0.4) is 0 Å². The van der Waals surface area contributed by atoms with Crippen molar-refractivity contribution in [3.8, 4) is 5.75 Å². The number of benzene rings is 5. The van der Waals surface area contributed by atoms with Gasteiger partial charge >= 0.3 is 5.97 Å². The Hall–Kier alpha value is -6.13. The maximum absolute atomic E-state index is 13.8. The fraction of sp³-hybridized carbons (Fsp3) is 0.163. The summed E-state index contributed by atoms with van der Waals surface area (Å²) >= 11 is 1.32. The van der Waals surface area contributed by atoms with Crippen molar-refractivity contribution < 1.29 is 28.7 Å². The van der Waals surface area contributed by atoms with Crippen LogP contribution in [0.5, 0.6) is 5.75 Å². The van der Waals surface area contributed by atoms with Crippen molar-refractivity contribution in [2.75, 3.05) is 23.8 Å². The molecule has 0 aromatic heterocycles. The number of thioether (sulfide) groups is 1. The number of nitrogens with one attached hydrogen (secondary N) is 3. The second kappa shape index (κ2) is 19.5. The number of esters is 1. The second-order valence-corrected chi connectivity index (χ2v) is 13.0. The van der Waals surface area contributed by atoms with E-state index in [-0.39, 0.29) is 11.6 Å². The molecule has 270 valence electrons. The first-order valence-corrected chi connectivity index (χ1v) is 18.2. The Bertz CT molecular complexity index is 2020. The Morgan fingerprint density at radius 2 is 1.42 bits per heavy atom. The minimum Gasteiger partial charge on any atom is -0.494 e. The molecule has 0 saturated carbocycles. The Kier molecular flexibility index (Phi) is 14.0. The highest BCUT2D eigenvalue weighted by Gasteiger charge is 2.23. The lowest BCUT2D eigenvalue weighted by atomic mass is 10.1. The minimum absolute atomic E-state index is 0.0443. The smallest absolute Gasteiger partial charge is 0.338 e. The highest BCUT2D eigenvalue weighted by Crippen LogP contribution is 2.37. The monoisotopic (exact) mass is 727 g/mol. The number of hydrogen-bond acceptors (Lipinski definition) is 7. The molecule has 0 aliphatic rings. The molecule has 10 heteroatoms. The van der Waals surface area contributed by atoms with Gasteiger partial charge in [0.15, 0.2) is 0 Å². The maximum Gasteiger partial charge on any atom is 0.338 e. The number of carbonyl (C=O) groups is 4. The molecule has 53 heavy (non-hydrogen) atoms. The Labute approximate surface area is 313 Å². The molecule has 5 aromatic rings. The van der Waals surface area contributed by atoms with Crippen molar-refractivity contribution in [3.05, 3.63) is 161 Å². The van der Waals surface area contributed by atoms with Crippen molar-refractivity contribution >= 4 is 52.9 Å². The van der Waals surface area contributed by atoms with Crippen LogP contribution in [0.25, 0.3) is 6.08 Å². The van der Waals surface area contributed by atoms with E-state index in [1.54, 1.807) is 97.1 Å². The van der Waals surface area contributed by atoms with E-state index in [2.05, 4.69) is 16.0 Å². The van der Waals surface area contributed by atoms with Crippen LogP contribution in [-0.2, 0) is 14.3 Å². The Morgan fingerprint density at radius 3 is 2.09 bits per heavy atom. The largest absolute Gasteiger partial charge is 0.494 e. The lowest BCUT2D eigenvalue weighted by molar-refractivity contribution is -0.116. The summed E-state index contributed by atoms with van der Waals surface area (Å²) in [6.45, 7) is 4.81. The number of amides is 3. The standard InChI is InChI=1S/C43H41N3O6S/c1-3-5-27-52-43(50)33-21-23-34(24-22-33)44-42(49)39(31-13-8-6-9-14-31)53-37-18-12-17-35(29-37)45-41(48)38(46-40(47)32-15-10-7-11-16-32)28-30-19-25-36(26-20-30)51-4-2/h6-26,28-29,39H,3-5,27H2,1-2H3,(H,44,49)(H,45,48)(H,46,47)/b38-28+. The van der Waals surface area contributed by atoms with Crippen LogP contribution in [0, 0.1) is 0 Å². The molecule has 3 amide bonds. The van der Waals surface area contributed by atoms with Crippen LogP contribution in [0.4, 0.5) is 11.4 Å². The van der Waals surface area contributed by atoms with E-state index in [0.29, 0.717) is 47.0 Å². The third kappa shape index (κ3) is 11.4. The number of carbonyl (C=O) groups excluding carboxylic acids is 4. The Morgan fingerprint density at radius 1 is 0.717 bits per heavy atom. The molecule has 5 aromatic carbocycles. The minimum atomic E-state index is -0.652. The maximum atomic E-state index is 13.8. The van der Waals surface area contributed by atoms with Crippen LogP contribution >= 0.6 is 11.8 Å². The average Bonchev–Trinajstić information content (AvgIpc) is 3.18. The topological polar surface area (TPSA) is 123 Å². The van der Waals surface area contributed by atoms with Crippen molar-refractivity contribution in [2.24, 2.45) is 0 Å². The predicted octanol–water partition coefficient (Wildman–Crippen LogP) is 8.92. The second-order valence-electron chi connectivity index (χ2n) is 11.8. The summed E-state index contributed by atoms with van der Waals surface area (Å²) in [6, 6.07) is 39.0. The highest BCUT2D eigenvalue weighted by molar-refractivity contribution is 8.00. The molecule has 0 spiro atoms. The summed E-state index contributed by atoms with van der Waals surface area (Å²) in [7, 11) is 0. The van der Waals surface area contributed by atoms with Crippen molar-refractivity contribution in [1.29, 1.82) is 0 Å². The molecule has 9 nitrogen and oxygen atoms in total. The van der Waals surface area contributed by atoms with Gasteiger partial charge in [-0.1, -0.05) is 80.1 Å². The molecule has 1 unspecified atom stereocenters. The van der Waals surface area contributed by atoms with E-state index < -0.39 is 23.0 Å². The first-order chi connectivity index (χ1) is 25.8. The zero-order valence-corrected chi connectivity index (χ0v) is 30.4. The lowest BCUT2D eigenvalue weighted by Gasteiger charge is -2.18. The van der Waals surface area contributed by atoms with E-state index >= 15 is 0 Å². The third-order valence-electron chi connectivity index (χ3n) is 7.84. The molecule has 0 bridgehead atoms. The average molecular weight is 728 g/mol. The molecule has 1 atom stereocenters. The number of unbranched alkanes of at least 4 members (excludes halogenated alkanes) is 1. The molecule has 3 N–H and O–H groups in total. The summed E-state index contributed by atoms with van der Waals surface area (Å²) in [5.41, 5.74) is 3.33. The summed E-state index contributed by atoms with van der Waals surface area (Å²) in [5, 5.41) is 7.99. The lowest BCUT2D eigenvalue weighted by Crippen LogP contribution is -2.30. The fourth-order valence-corrected chi connectivity index (χ4v) is 6.19. The van der Waals surface area contributed by atoms with Crippen molar-refractivity contribution in [1.82, 2.24) is 5.32 Å². The van der Waals surface area contributed by atoms with Gasteiger partial charge < -0.3 is 25.4 Å². The van der Waals surface area contributed by atoms with Gasteiger partial charge in [-0.25, -0.2) is 4.79 Å². The van der Waals surface area contributed by atoms with Crippen LogP contribution in [0.15, 0.2) is 144 Å². The van der Waals surface area contributed by atoms with Gasteiger partial charge in [-0.3, -0.25) is 14.4 Å². The fourth-order valence-electron chi connectivity index (χ4n) is 5.11. The first-order valence-electron chi connectivity index (χ1n) is 17.3. The van der Waals surface area contributed by atoms with Gasteiger partial charge in [-0.2, -0.15) is 0 Å². The molecule has 0 saturated heterocycles. The van der Waals surface area contributed by atoms with Gasteiger partial charge in [0.1, 0.15) is 16.7 Å². The number of anilines is 2. The van der Waals surface area contributed by atoms with Crippen LogP contribution < -0.4 is 20.7 Å². The third-order valence-corrected chi connectivity index (χ3v) is 9.08. The van der Waals surface area contributed by atoms with Gasteiger partial charge in [0.2, 0.25) is 5.91 Å². The number of rotatable bonds is 16. The van der Waals surface area contributed by atoms with Crippen LogP contribution in [0.2, 0.25) is 0 Å². The quantitative estimate of drug-likeness (QED) is 0.0402. The van der Waals surface area contributed by atoms with Gasteiger partial charge in [-0.15, -0.1) is 11.8 Å².